The molecule has 19 heavy (non-hydrogen) atoms. The molecule has 0 aliphatic heterocycles. The van der Waals surface area contributed by atoms with Gasteiger partial charge < -0.3 is 15.0 Å². The average molecular weight is 261 g/mol. The zero-order valence-electron chi connectivity index (χ0n) is 11.5. The second-order valence-corrected chi connectivity index (χ2v) is 4.59. The van der Waals surface area contributed by atoms with Gasteiger partial charge in [-0.15, -0.1) is 0 Å². The molecule has 102 valence electrons. The highest BCUT2D eigenvalue weighted by Gasteiger charge is 2.15. The molecule has 0 spiro atoms. The minimum absolute atomic E-state index is 0.0601. The van der Waals surface area contributed by atoms with Crippen LogP contribution in [0.25, 0.3) is 11.5 Å². The van der Waals surface area contributed by atoms with E-state index in [1.165, 1.54) is 0 Å². The van der Waals surface area contributed by atoms with E-state index in [2.05, 4.69) is 10.1 Å². The lowest BCUT2D eigenvalue weighted by molar-refractivity contribution is 0.401. The van der Waals surface area contributed by atoms with Crippen molar-refractivity contribution < 1.29 is 9.26 Å². The number of nitrogens with zero attached hydrogens (tertiary/aromatic N) is 2. The Kier molecular flexibility index (Phi) is 4.16. The molecular formula is C14H19N3O2. The number of hydrogen-bond donors (Lipinski definition) is 1. The Morgan fingerprint density at radius 2 is 2.21 bits per heavy atom. The number of aryl methyl sites for hydroxylation is 1. The van der Waals surface area contributed by atoms with Gasteiger partial charge in [0.1, 0.15) is 5.75 Å². The highest BCUT2D eigenvalue weighted by atomic mass is 16.5. The lowest BCUT2D eigenvalue weighted by Crippen LogP contribution is -2.21. The predicted octanol–water partition coefficient (Wildman–Crippen LogP) is 2.33. The zero-order valence-corrected chi connectivity index (χ0v) is 11.5. The van der Waals surface area contributed by atoms with Gasteiger partial charge in [-0.2, -0.15) is 4.98 Å². The van der Waals surface area contributed by atoms with E-state index in [-0.39, 0.29) is 6.04 Å². The topological polar surface area (TPSA) is 74.2 Å². The zero-order chi connectivity index (χ0) is 13.8. The van der Waals surface area contributed by atoms with Crippen LogP contribution >= 0.6 is 0 Å². The van der Waals surface area contributed by atoms with E-state index in [4.69, 9.17) is 15.0 Å². The van der Waals surface area contributed by atoms with Crippen LogP contribution in [0.1, 0.15) is 24.7 Å². The Hall–Kier alpha value is -1.88. The molecule has 1 heterocycles. The summed E-state index contributed by atoms with van der Waals surface area (Å²) in [5.74, 6) is 1.83. The van der Waals surface area contributed by atoms with Crippen molar-refractivity contribution in [3.63, 3.8) is 0 Å². The van der Waals surface area contributed by atoms with Crippen LogP contribution in [-0.2, 0) is 6.42 Å². The largest absolute Gasteiger partial charge is 0.496 e. The summed E-state index contributed by atoms with van der Waals surface area (Å²) < 4.78 is 10.6. The summed E-state index contributed by atoms with van der Waals surface area (Å²) in [6.07, 6.45) is 1.51. The molecule has 1 aromatic heterocycles. The van der Waals surface area contributed by atoms with Crippen LogP contribution in [0.3, 0.4) is 0 Å². The number of methoxy groups -OCH3 is 1. The van der Waals surface area contributed by atoms with E-state index in [9.17, 15) is 0 Å². The molecule has 1 unspecified atom stereocenters. The first-order valence-corrected chi connectivity index (χ1v) is 6.37. The number of benzene rings is 1. The Morgan fingerprint density at radius 3 is 2.89 bits per heavy atom. The normalized spacial score (nSPS) is 12.4. The first-order chi connectivity index (χ1) is 9.13. The maximum Gasteiger partial charge on any atom is 0.261 e. The molecule has 0 amide bonds. The first kappa shape index (κ1) is 13.5. The van der Waals surface area contributed by atoms with Gasteiger partial charge in [0.2, 0.25) is 0 Å². The van der Waals surface area contributed by atoms with Crippen LogP contribution in [0.4, 0.5) is 0 Å². The Balaban J connectivity index is 2.29. The molecule has 2 N–H and O–H groups in total. The molecule has 0 aliphatic carbocycles. The van der Waals surface area contributed by atoms with Gasteiger partial charge >= 0.3 is 0 Å². The van der Waals surface area contributed by atoms with Crippen LogP contribution in [-0.4, -0.2) is 23.3 Å². The van der Waals surface area contributed by atoms with Gasteiger partial charge in [0.25, 0.3) is 5.89 Å². The summed E-state index contributed by atoms with van der Waals surface area (Å²) >= 11 is 0. The van der Waals surface area contributed by atoms with Crippen LogP contribution < -0.4 is 10.5 Å². The van der Waals surface area contributed by atoms with Crippen molar-refractivity contribution in [2.45, 2.75) is 32.7 Å². The van der Waals surface area contributed by atoms with Crippen LogP contribution in [0.15, 0.2) is 22.7 Å². The van der Waals surface area contributed by atoms with Crippen molar-refractivity contribution in [1.82, 2.24) is 10.1 Å². The van der Waals surface area contributed by atoms with Gasteiger partial charge in [-0.05, 0) is 25.5 Å². The summed E-state index contributed by atoms with van der Waals surface area (Å²) in [4.78, 5) is 4.38. The van der Waals surface area contributed by atoms with Crippen LogP contribution in [0.5, 0.6) is 5.75 Å². The van der Waals surface area contributed by atoms with Gasteiger partial charge in [-0.3, -0.25) is 0 Å². The van der Waals surface area contributed by atoms with E-state index < -0.39 is 0 Å². The molecule has 2 aromatic rings. The molecule has 0 fully saturated rings. The van der Waals surface area contributed by atoms with E-state index in [0.29, 0.717) is 18.1 Å². The van der Waals surface area contributed by atoms with Crippen molar-refractivity contribution in [2.75, 3.05) is 7.11 Å². The molecule has 1 aromatic carbocycles. The molecular weight excluding hydrogens is 242 g/mol. The van der Waals surface area contributed by atoms with Gasteiger partial charge in [-0.1, -0.05) is 23.7 Å². The monoisotopic (exact) mass is 261 g/mol. The molecule has 0 aliphatic rings. The Labute approximate surface area is 112 Å². The highest BCUT2D eigenvalue weighted by Crippen LogP contribution is 2.29. The quantitative estimate of drug-likeness (QED) is 0.894. The molecule has 0 radical (unpaired) electrons. The van der Waals surface area contributed by atoms with Crippen molar-refractivity contribution >= 4 is 0 Å². The van der Waals surface area contributed by atoms with Crippen LogP contribution in [0, 0.1) is 6.92 Å². The van der Waals surface area contributed by atoms with Crippen molar-refractivity contribution in [3.8, 4) is 17.2 Å². The molecule has 0 saturated heterocycles. The fourth-order valence-corrected chi connectivity index (χ4v) is 1.81. The smallest absolute Gasteiger partial charge is 0.261 e. The fraction of sp³-hybridized carbons (Fsp3) is 0.429. The maximum absolute atomic E-state index is 5.89. The molecule has 5 heteroatoms. The van der Waals surface area contributed by atoms with Gasteiger partial charge in [0, 0.05) is 12.5 Å². The van der Waals surface area contributed by atoms with Gasteiger partial charge in [-0.25, -0.2) is 0 Å². The highest BCUT2D eigenvalue weighted by molar-refractivity contribution is 5.63. The SMILES string of the molecule is CCC(N)Cc1noc(-c2cc(C)ccc2OC)n1. The minimum atomic E-state index is 0.0601. The first-order valence-electron chi connectivity index (χ1n) is 6.37. The molecule has 5 nitrogen and oxygen atoms in total. The summed E-state index contributed by atoms with van der Waals surface area (Å²) in [6, 6.07) is 5.90. The predicted molar refractivity (Wildman–Crippen MR) is 73.0 cm³/mol. The molecule has 0 saturated carbocycles. The minimum Gasteiger partial charge on any atom is -0.496 e. The summed E-state index contributed by atoms with van der Waals surface area (Å²) in [7, 11) is 1.62. The van der Waals surface area contributed by atoms with Crippen molar-refractivity contribution in [3.05, 3.63) is 29.6 Å². The number of ether oxygens (including phenoxy) is 1. The lowest BCUT2D eigenvalue weighted by atomic mass is 10.1. The second kappa shape index (κ2) is 5.84. The number of hydrogen-bond acceptors (Lipinski definition) is 5. The second-order valence-electron chi connectivity index (χ2n) is 4.59. The number of aromatic nitrogens is 2. The van der Waals surface area contributed by atoms with Crippen LogP contribution in [0.2, 0.25) is 0 Å². The fourth-order valence-electron chi connectivity index (χ4n) is 1.81. The summed E-state index contributed by atoms with van der Waals surface area (Å²) in [5.41, 5.74) is 7.81. The standard InChI is InChI=1S/C14H19N3O2/c1-4-10(15)8-13-16-14(19-17-13)11-7-9(2)5-6-12(11)18-3/h5-7,10H,4,8,15H2,1-3H3. The average Bonchev–Trinajstić information content (AvgIpc) is 2.86. The molecule has 1 atom stereocenters. The number of rotatable bonds is 5. The maximum atomic E-state index is 5.89. The molecule has 2 rings (SSSR count). The van der Waals surface area contributed by atoms with E-state index >= 15 is 0 Å². The summed E-state index contributed by atoms with van der Waals surface area (Å²) in [5, 5.41) is 3.96. The molecule has 0 bridgehead atoms. The van der Waals surface area contributed by atoms with E-state index in [1.807, 2.05) is 32.0 Å². The third-order valence-corrected chi connectivity index (χ3v) is 3.02. The number of nitrogens with two attached hydrogens (primary N) is 1. The van der Waals surface area contributed by atoms with Crippen molar-refractivity contribution in [2.24, 2.45) is 5.73 Å². The third-order valence-electron chi connectivity index (χ3n) is 3.02. The van der Waals surface area contributed by atoms with Gasteiger partial charge in [0.05, 0.1) is 12.7 Å². The third kappa shape index (κ3) is 3.12. The van der Waals surface area contributed by atoms with E-state index in [1.54, 1.807) is 7.11 Å². The van der Waals surface area contributed by atoms with E-state index in [0.717, 1.165) is 23.3 Å². The Bertz CT molecular complexity index is 551. The Morgan fingerprint density at radius 1 is 1.42 bits per heavy atom. The van der Waals surface area contributed by atoms with Gasteiger partial charge in [0.15, 0.2) is 5.82 Å². The summed E-state index contributed by atoms with van der Waals surface area (Å²) in [6.45, 7) is 4.04. The lowest BCUT2D eigenvalue weighted by Gasteiger charge is -2.05. The van der Waals surface area contributed by atoms with Crippen molar-refractivity contribution in [1.29, 1.82) is 0 Å².